The topological polar surface area (TPSA) is 95.1 Å². The maximum absolute atomic E-state index is 11.7. The van der Waals surface area contributed by atoms with E-state index in [-0.39, 0.29) is 18.5 Å². The number of amides is 1. The van der Waals surface area contributed by atoms with E-state index in [9.17, 15) is 4.79 Å². The van der Waals surface area contributed by atoms with Crippen LogP contribution in [0, 0.1) is 0 Å². The second-order valence-corrected chi connectivity index (χ2v) is 5.35. The van der Waals surface area contributed by atoms with Gasteiger partial charge in [0, 0.05) is 35.2 Å². The molecule has 1 aromatic heterocycles. The van der Waals surface area contributed by atoms with E-state index in [1.165, 1.54) is 0 Å². The monoisotopic (exact) mass is 297 g/mol. The molecule has 0 saturated carbocycles. The average Bonchev–Trinajstić information content (AvgIpc) is 3.07. The minimum atomic E-state index is 0.0529. The molecule has 0 saturated heterocycles. The van der Waals surface area contributed by atoms with Crippen molar-refractivity contribution < 1.29 is 9.32 Å². The van der Waals surface area contributed by atoms with Crippen LogP contribution >= 0.6 is 0 Å². The van der Waals surface area contributed by atoms with Crippen molar-refractivity contribution in [1.29, 1.82) is 0 Å². The fourth-order valence-corrected chi connectivity index (χ4v) is 2.90. The zero-order valence-corrected chi connectivity index (χ0v) is 12.4. The van der Waals surface area contributed by atoms with Crippen LogP contribution in [-0.2, 0) is 17.8 Å². The molecule has 1 atom stereocenters. The molecule has 7 heteroatoms. The first-order valence-corrected chi connectivity index (χ1v) is 6.99. The third-order valence-corrected chi connectivity index (χ3v) is 3.78. The Balaban J connectivity index is 1.92. The average molecular weight is 297 g/mol. The van der Waals surface area contributed by atoms with Gasteiger partial charge < -0.3 is 9.42 Å². The molecule has 1 amide bonds. The lowest BCUT2D eigenvalue weighted by molar-refractivity contribution is -0.116. The lowest BCUT2D eigenvalue weighted by atomic mass is 10.0. The molecule has 1 unspecified atom stereocenters. The second kappa shape index (κ2) is 5.54. The molecule has 1 aliphatic rings. The van der Waals surface area contributed by atoms with Crippen molar-refractivity contribution >= 4 is 11.6 Å². The highest BCUT2D eigenvalue weighted by atomic mass is 16.5. The Morgan fingerprint density at radius 1 is 1.55 bits per heavy atom. The van der Waals surface area contributed by atoms with Crippen LogP contribution < -0.4 is 4.90 Å². The molecule has 3 rings (SSSR count). The molecule has 0 N–H and O–H groups in total. The molecular formula is C15H15N5O2. The number of rotatable bonds is 3. The predicted molar refractivity (Wildman–Crippen MR) is 81.1 cm³/mol. The van der Waals surface area contributed by atoms with Gasteiger partial charge in [0.05, 0.1) is 6.54 Å². The summed E-state index contributed by atoms with van der Waals surface area (Å²) in [5.41, 5.74) is 12.0. The van der Waals surface area contributed by atoms with Gasteiger partial charge in [-0.3, -0.25) is 4.79 Å². The van der Waals surface area contributed by atoms with Crippen molar-refractivity contribution in [3.63, 3.8) is 0 Å². The van der Waals surface area contributed by atoms with Gasteiger partial charge in [0.2, 0.25) is 5.91 Å². The van der Waals surface area contributed by atoms with E-state index in [0.717, 1.165) is 23.2 Å². The molecule has 0 radical (unpaired) electrons. The van der Waals surface area contributed by atoms with Crippen molar-refractivity contribution in [1.82, 2.24) is 5.16 Å². The first kappa shape index (κ1) is 14.2. The number of hydrogen-bond donors (Lipinski definition) is 0. The summed E-state index contributed by atoms with van der Waals surface area (Å²) in [4.78, 5) is 16.2. The SMILES string of the molecule is CC(=O)N1c2ccc(-c3cc(CN=[N+]=[N-])on3)cc2CC1C. The predicted octanol–water partition coefficient (Wildman–Crippen LogP) is 3.45. The van der Waals surface area contributed by atoms with Crippen LogP contribution in [0.25, 0.3) is 21.7 Å². The van der Waals surface area contributed by atoms with Crippen molar-refractivity contribution in [2.75, 3.05) is 4.90 Å². The minimum Gasteiger partial charge on any atom is -0.361 e. The van der Waals surface area contributed by atoms with Crippen molar-refractivity contribution in [2.45, 2.75) is 32.9 Å². The highest BCUT2D eigenvalue weighted by Crippen LogP contribution is 2.35. The van der Waals surface area contributed by atoms with Crippen LogP contribution in [-0.4, -0.2) is 17.1 Å². The molecule has 2 aromatic rings. The van der Waals surface area contributed by atoms with Crippen molar-refractivity contribution in [3.8, 4) is 11.3 Å². The molecule has 1 aliphatic heterocycles. The van der Waals surface area contributed by atoms with Crippen LogP contribution in [0.1, 0.15) is 25.2 Å². The number of azide groups is 1. The van der Waals surface area contributed by atoms with E-state index in [0.29, 0.717) is 11.5 Å². The Morgan fingerprint density at radius 3 is 3.09 bits per heavy atom. The molecule has 0 fully saturated rings. The van der Waals surface area contributed by atoms with Crippen LogP contribution in [0.15, 0.2) is 33.9 Å². The summed E-state index contributed by atoms with van der Waals surface area (Å²) in [6.07, 6.45) is 0.826. The van der Waals surface area contributed by atoms with E-state index >= 15 is 0 Å². The van der Waals surface area contributed by atoms with Gasteiger partial charge in [-0.15, -0.1) is 0 Å². The van der Waals surface area contributed by atoms with E-state index in [1.807, 2.05) is 30.0 Å². The van der Waals surface area contributed by atoms with Crippen molar-refractivity contribution in [2.24, 2.45) is 5.11 Å². The Morgan fingerprint density at radius 2 is 2.36 bits per heavy atom. The number of fused-ring (bicyclic) bond motifs is 1. The normalized spacial score (nSPS) is 16.3. The van der Waals surface area contributed by atoms with Gasteiger partial charge >= 0.3 is 0 Å². The maximum Gasteiger partial charge on any atom is 0.224 e. The number of carbonyl (C=O) groups is 1. The summed E-state index contributed by atoms with van der Waals surface area (Å²) < 4.78 is 5.14. The quantitative estimate of drug-likeness (QED) is 0.493. The summed E-state index contributed by atoms with van der Waals surface area (Å²) in [6.45, 7) is 3.76. The summed E-state index contributed by atoms with van der Waals surface area (Å²) in [5.74, 6) is 0.573. The number of nitrogens with zero attached hydrogens (tertiary/aromatic N) is 5. The zero-order valence-electron chi connectivity index (χ0n) is 12.4. The lowest BCUT2D eigenvalue weighted by Gasteiger charge is -2.20. The Bertz CT molecular complexity index is 776. The summed E-state index contributed by atoms with van der Waals surface area (Å²) in [6, 6.07) is 7.82. The molecule has 0 aliphatic carbocycles. The van der Waals surface area contributed by atoms with E-state index in [1.54, 1.807) is 13.0 Å². The van der Waals surface area contributed by atoms with Crippen molar-refractivity contribution in [3.05, 3.63) is 46.0 Å². The number of anilines is 1. The third kappa shape index (κ3) is 2.42. The fourth-order valence-electron chi connectivity index (χ4n) is 2.90. The highest BCUT2D eigenvalue weighted by molar-refractivity contribution is 5.95. The van der Waals surface area contributed by atoms with E-state index < -0.39 is 0 Å². The molecule has 1 aromatic carbocycles. The fraction of sp³-hybridized carbons (Fsp3) is 0.333. The van der Waals surface area contributed by atoms with Crippen LogP contribution in [0.2, 0.25) is 0 Å². The smallest absolute Gasteiger partial charge is 0.224 e. The number of hydrogen-bond acceptors (Lipinski definition) is 4. The van der Waals surface area contributed by atoms with Crippen LogP contribution in [0.4, 0.5) is 5.69 Å². The van der Waals surface area contributed by atoms with Gasteiger partial charge in [-0.1, -0.05) is 16.3 Å². The van der Waals surface area contributed by atoms with Gasteiger partial charge in [-0.25, -0.2) is 0 Å². The standard InChI is InChI=1S/C15H15N5O2/c1-9-5-12-6-11(3-4-15(12)20(9)10(2)21)14-7-13(22-18-14)8-17-19-16/h3-4,6-7,9H,5,8H2,1-2H3. The molecule has 22 heavy (non-hydrogen) atoms. The first-order chi connectivity index (χ1) is 10.6. The maximum atomic E-state index is 11.7. The van der Waals surface area contributed by atoms with Crippen LogP contribution in [0.5, 0.6) is 0 Å². The van der Waals surface area contributed by atoms with Gasteiger partial charge in [-0.2, -0.15) is 0 Å². The Kier molecular flexibility index (Phi) is 3.56. The molecule has 0 spiro atoms. The van der Waals surface area contributed by atoms with Gasteiger partial charge in [0.25, 0.3) is 0 Å². The number of benzene rings is 1. The van der Waals surface area contributed by atoms with E-state index in [4.69, 9.17) is 10.1 Å². The summed E-state index contributed by atoms with van der Waals surface area (Å²) in [7, 11) is 0. The van der Waals surface area contributed by atoms with Gasteiger partial charge in [0.15, 0.2) is 0 Å². The Hall–Kier alpha value is -2.79. The second-order valence-electron chi connectivity index (χ2n) is 5.35. The molecule has 112 valence electrons. The highest BCUT2D eigenvalue weighted by Gasteiger charge is 2.29. The van der Waals surface area contributed by atoms with E-state index in [2.05, 4.69) is 15.2 Å². The zero-order chi connectivity index (χ0) is 15.7. The molecule has 2 heterocycles. The molecule has 0 bridgehead atoms. The summed E-state index contributed by atoms with van der Waals surface area (Å²) in [5, 5.41) is 7.45. The molecular weight excluding hydrogens is 282 g/mol. The number of carbonyl (C=O) groups excluding carboxylic acids is 1. The van der Waals surface area contributed by atoms with Crippen LogP contribution in [0.3, 0.4) is 0 Å². The first-order valence-electron chi connectivity index (χ1n) is 6.99. The lowest BCUT2D eigenvalue weighted by Crippen LogP contribution is -2.33. The molecule has 7 nitrogen and oxygen atoms in total. The Labute approximate surface area is 127 Å². The van der Waals surface area contributed by atoms with Gasteiger partial charge in [0.1, 0.15) is 11.5 Å². The number of aromatic nitrogens is 1. The minimum absolute atomic E-state index is 0.0529. The van der Waals surface area contributed by atoms with Gasteiger partial charge in [-0.05, 0) is 36.6 Å². The summed E-state index contributed by atoms with van der Waals surface area (Å²) >= 11 is 0. The largest absolute Gasteiger partial charge is 0.361 e. The third-order valence-electron chi connectivity index (χ3n) is 3.78.